The van der Waals surface area contributed by atoms with E-state index in [9.17, 15) is 4.79 Å². The van der Waals surface area contributed by atoms with Crippen LogP contribution in [0.15, 0.2) is 6.20 Å². The van der Waals surface area contributed by atoms with Crippen molar-refractivity contribution in [3.05, 3.63) is 11.9 Å². The molecule has 110 valence electrons. The number of nitrogens with one attached hydrogen (secondary N) is 1. The molecule has 1 aliphatic heterocycles. The quantitative estimate of drug-likeness (QED) is 0.858. The normalized spacial score (nSPS) is 29.8. The van der Waals surface area contributed by atoms with Crippen LogP contribution in [0, 0.1) is 5.92 Å². The first-order valence-corrected chi connectivity index (χ1v) is 7.57. The molecule has 0 aromatic carbocycles. The Bertz CT molecular complexity index is 497. The van der Waals surface area contributed by atoms with Gasteiger partial charge in [-0.05, 0) is 31.6 Å². The van der Waals surface area contributed by atoms with Crippen LogP contribution in [0.1, 0.15) is 49.0 Å². The van der Waals surface area contributed by atoms with E-state index in [1.54, 1.807) is 25.0 Å². The van der Waals surface area contributed by atoms with E-state index in [-0.39, 0.29) is 11.8 Å². The molecular weight excluding hydrogens is 254 g/mol. The van der Waals surface area contributed by atoms with Gasteiger partial charge in [-0.1, -0.05) is 12.8 Å². The summed E-state index contributed by atoms with van der Waals surface area (Å²) in [7, 11) is 3.38. The highest BCUT2D eigenvalue weighted by atomic mass is 16.5. The highest BCUT2D eigenvalue weighted by molar-refractivity contribution is 6.01. The summed E-state index contributed by atoms with van der Waals surface area (Å²) in [6, 6.07) is 0.435. The summed E-state index contributed by atoms with van der Waals surface area (Å²) in [5.41, 5.74) is 0.583. The van der Waals surface area contributed by atoms with Gasteiger partial charge in [-0.2, -0.15) is 5.10 Å². The Kier molecular flexibility index (Phi) is 3.78. The van der Waals surface area contributed by atoms with Crippen molar-refractivity contribution in [2.45, 2.75) is 50.6 Å². The minimum atomic E-state index is -0.0846. The summed E-state index contributed by atoms with van der Waals surface area (Å²) >= 11 is 0. The second kappa shape index (κ2) is 5.56. The van der Waals surface area contributed by atoms with Gasteiger partial charge in [0.25, 0.3) is 0 Å². The van der Waals surface area contributed by atoms with E-state index in [0.717, 1.165) is 18.8 Å². The minimum Gasteiger partial charge on any atom is -0.493 e. The van der Waals surface area contributed by atoms with Crippen molar-refractivity contribution in [1.82, 2.24) is 15.1 Å². The minimum absolute atomic E-state index is 0.0846. The third-order valence-electron chi connectivity index (χ3n) is 4.83. The van der Waals surface area contributed by atoms with Crippen LogP contribution in [0.4, 0.5) is 0 Å². The number of aryl methyl sites for hydroxylation is 1. The number of hydrogen-bond acceptors (Lipinski definition) is 4. The van der Waals surface area contributed by atoms with Crippen molar-refractivity contribution < 1.29 is 9.53 Å². The zero-order valence-electron chi connectivity index (χ0n) is 12.3. The highest BCUT2D eigenvalue weighted by Crippen LogP contribution is 2.33. The van der Waals surface area contributed by atoms with Crippen molar-refractivity contribution in [1.29, 1.82) is 0 Å². The molecule has 5 nitrogen and oxygen atoms in total. The van der Waals surface area contributed by atoms with Crippen LogP contribution in [0.5, 0.6) is 5.75 Å². The van der Waals surface area contributed by atoms with Crippen molar-refractivity contribution in [2.75, 3.05) is 7.11 Å². The number of methoxy groups -OCH3 is 1. The summed E-state index contributed by atoms with van der Waals surface area (Å²) in [5.74, 6) is 1.46. The first kappa shape index (κ1) is 13.6. The highest BCUT2D eigenvalue weighted by Gasteiger charge is 2.36. The Balaban J connectivity index is 1.76. The van der Waals surface area contributed by atoms with Crippen LogP contribution in [0.25, 0.3) is 0 Å². The lowest BCUT2D eigenvalue weighted by Gasteiger charge is -2.39. The summed E-state index contributed by atoms with van der Waals surface area (Å²) in [6.45, 7) is 0. The number of hydrogen-bond donors (Lipinski definition) is 1. The molecule has 2 heterocycles. The molecule has 3 unspecified atom stereocenters. The fourth-order valence-electron chi connectivity index (χ4n) is 3.71. The average Bonchev–Trinajstić information content (AvgIpc) is 2.87. The molecule has 1 saturated carbocycles. The van der Waals surface area contributed by atoms with E-state index in [1.807, 2.05) is 0 Å². The Labute approximate surface area is 119 Å². The number of rotatable bonds is 3. The number of piperidine rings is 1. The van der Waals surface area contributed by atoms with Crippen molar-refractivity contribution in [3.63, 3.8) is 0 Å². The Morgan fingerprint density at radius 2 is 2.15 bits per heavy atom. The predicted molar refractivity (Wildman–Crippen MR) is 76.0 cm³/mol. The standard InChI is InChI=1S/C15H23N3O2/c1-18-14(13(20-2)9-16-18)15(19)12-8-7-10-5-3-4-6-11(10)17-12/h9-12,17H,3-8H2,1-2H3. The summed E-state index contributed by atoms with van der Waals surface area (Å²) in [4.78, 5) is 12.7. The molecule has 20 heavy (non-hydrogen) atoms. The number of ether oxygens (including phenoxy) is 1. The van der Waals surface area contributed by atoms with Crippen LogP contribution in [-0.2, 0) is 7.05 Å². The summed E-state index contributed by atoms with van der Waals surface area (Å²) < 4.78 is 6.87. The number of nitrogens with zero attached hydrogens (tertiary/aromatic N) is 2. The van der Waals surface area contributed by atoms with Gasteiger partial charge in [-0.25, -0.2) is 0 Å². The largest absolute Gasteiger partial charge is 0.493 e. The fraction of sp³-hybridized carbons (Fsp3) is 0.733. The van der Waals surface area contributed by atoms with Crippen LogP contribution in [0.2, 0.25) is 0 Å². The average molecular weight is 277 g/mol. The van der Waals surface area contributed by atoms with Gasteiger partial charge in [0.15, 0.2) is 5.75 Å². The molecule has 1 saturated heterocycles. The molecule has 0 amide bonds. The van der Waals surface area contributed by atoms with E-state index >= 15 is 0 Å². The lowest BCUT2D eigenvalue weighted by molar-refractivity contribution is 0.0849. The second-order valence-corrected chi connectivity index (χ2v) is 6.00. The van der Waals surface area contributed by atoms with Gasteiger partial charge < -0.3 is 10.1 Å². The first-order valence-electron chi connectivity index (χ1n) is 7.57. The number of fused-ring (bicyclic) bond motifs is 1. The van der Waals surface area contributed by atoms with Crippen LogP contribution >= 0.6 is 0 Å². The van der Waals surface area contributed by atoms with Gasteiger partial charge in [0.05, 0.1) is 19.3 Å². The zero-order chi connectivity index (χ0) is 14.1. The van der Waals surface area contributed by atoms with E-state index in [0.29, 0.717) is 17.5 Å². The second-order valence-electron chi connectivity index (χ2n) is 6.00. The van der Waals surface area contributed by atoms with E-state index < -0.39 is 0 Å². The molecule has 0 spiro atoms. The molecule has 1 aliphatic carbocycles. The third-order valence-corrected chi connectivity index (χ3v) is 4.83. The Hall–Kier alpha value is -1.36. The van der Waals surface area contributed by atoms with Gasteiger partial charge in [0.1, 0.15) is 5.69 Å². The zero-order valence-corrected chi connectivity index (χ0v) is 12.3. The maximum absolute atomic E-state index is 12.7. The summed E-state index contributed by atoms with van der Waals surface area (Å²) in [5, 5.41) is 7.70. The molecule has 0 radical (unpaired) electrons. The molecule has 1 aromatic rings. The number of aromatic nitrogens is 2. The molecule has 2 fully saturated rings. The van der Waals surface area contributed by atoms with Crippen molar-refractivity contribution >= 4 is 5.78 Å². The fourth-order valence-corrected chi connectivity index (χ4v) is 3.71. The van der Waals surface area contributed by atoms with Gasteiger partial charge in [0.2, 0.25) is 5.78 Å². The van der Waals surface area contributed by atoms with Crippen molar-refractivity contribution in [2.24, 2.45) is 13.0 Å². The van der Waals surface area contributed by atoms with Crippen LogP contribution in [-0.4, -0.2) is 34.8 Å². The SMILES string of the molecule is COc1cnn(C)c1C(=O)C1CCC2CCCCC2N1. The number of Topliss-reactive ketones (excluding diaryl/α,β-unsaturated/α-hetero) is 1. The first-order chi connectivity index (χ1) is 9.70. The third kappa shape index (κ3) is 2.35. The molecule has 1 N–H and O–H groups in total. The van der Waals surface area contributed by atoms with E-state index in [1.165, 1.54) is 25.7 Å². The maximum atomic E-state index is 12.7. The predicted octanol–water partition coefficient (Wildman–Crippen LogP) is 1.92. The molecule has 0 bridgehead atoms. The Morgan fingerprint density at radius 1 is 1.35 bits per heavy atom. The van der Waals surface area contributed by atoms with Gasteiger partial charge in [0, 0.05) is 13.1 Å². The number of carbonyl (C=O) groups excluding carboxylic acids is 1. The number of ketones is 1. The smallest absolute Gasteiger partial charge is 0.201 e. The van der Waals surface area contributed by atoms with Crippen LogP contribution in [0.3, 0.4) is 0 Å². The Morgan fingerprint density at radius 3 is 2.95 bits per heavy atom. The van der Waals surface area contributed by atoms with Gasteiger partial charge in [-0.3, -0.25) is 9.48 Å². The lowest BCUT2D eigenvalue weighted by atomic mass is 9.77. The molecule has 3 atom stereocenters. The lowest BCUT2D eigenvalue weighted by Crippen LogP contribution is -2.52. The monoisotopic (exact) mass is 277 g/mol. The molecular formula is C15H23N3O2. The molecule has 5 heteroatoms. The van der Waals surface area contributed by atoms with E-state index in [4.69, 9.17) is 4.74 Å². The molecule has 1 aromatic heterocycles. The van der Waals surface area contributed by atoms with E-state index in [2.05, 4.69) is 10.4 Å². The van der Waals surface area contributed by atoms with Gasteiger partial charge in [-0.15, -0.1) is 0 Å². The maximum Gasteiger partial charge on any atom is 0.201 e. The van der Waals surface area contributed by atoms with Crippen molar-refractivity contribution in [3.8, 4) is 5.75 Å². The molecule has 3 rings (SSSR count). The van der Waals surface area contributed by atoms with Crippen LogP contribution < -0.4 is 10.1 Å². The van der Waals surface area contributed by atoms with Gasteiger partial charge >= 0.3 is 0 Å². The summed E-state index contributed by atoms with van der Waals surface area (Å²) in [6.07, 6.45) is 8.84. The number of carbonyl (C=O) groups is 1. The topological polar surface area (TPSA) is 56.2 Å². The molecule has 2 aliphatic rings.